The van der Waals surface area contributed by atoms with Crippen molar-refractivity contribution in [3.05, 3.63) is 17.5 Å². The van der Waals surface area contributed by atoms with Crippen molar-refractivity contribution in [2.75, 3.05) is 24.2 Å². The largest absolute Gasteiger partial charge is 0.361 e. The summed E-state index contributed by atoms with van der Waals surface area (Å²) in [5.74, 6) is 1.68. The number of nitrogens with zero attached hydrogens (tertiary/aromatic N) is 4. The Hall–Kier alpha value is -1.45. The first-order valence-electron chi connectivity index (χ1n) is 8.09. The molecule has 9 heteroatoms. The number of nitrogens with one attached hydrogen (secondary N) is 1. The Morgan fingerprint density at radius 2 is 2.38 bits per heavy atom. The Kier molecular flexibility index (Phi) is 5.85. The van der Waals surface area contributed by atoms with Gasteiger partial charge in [-0.3, -0.25) is 15.0 Å². The molecule has 1 aliphatic rings. The fourth-order valence-corrected chi connectivity index (χ4v) is 4.51. The number of carbonyl (C=O) groups is 1. The highest BCUT2D eigenvalue weighted by atomic mass is 32.2. The molecule has 0 saturated carbocycles. The van der Waals surface area contributed by atoms with Crippen molar-refractivity contribution >= 4 is 34.1 Å². The Morgan fingerprint density at radius 1 is 1.50 bits per heavy atom. The van der Waals surface area contributed by atoms with Crippen molar-refractivity contribution in [2.45, 2.75) is 43.5 Å². The first kappa shape index (κ1) is 17.4. The minimum atomic E-state index is -0.0636. The number of thioether (sulfide) groups is 1. The van der Waals surface area contributed by atoms with E-state index < -0.39 is 0 Å². The number of hydrogen-bond donors (Lipinski definition) is 1. The molecule has 0 spiro atoms. The smallest absolute Gasteiger partial charge is 0.240 e. The van der Waals surface area contributed by atoms with E-state index >= 15 is 0 Å². The molecular formula is C15H21N5O2S2. The zero-order valence-electron chi connectivity index (χ0n) is 13.8. The van der Waals surface area contributed by atoms with Gasteiger partial charge < -0.3 is 4.52 Å². The molecule has 2 aromatic heterocycles. The number of aromatic nitrogens is 3. The van der Waals surface area contributed by atoms with Crippen LogP contribution >= 0.6 is 23.1 Å². The third-order valence-electron chi connectivity index (χ3n) is 3.87. The summed E-state index contributed by atoms with van der Waals surface area (Å²) in [6.07, 6.45) is 3.23. The van der Waals surface area contributed by atoms with Crippen LogP contribution in [0.4, 0.5) is 5.13 Å². The van der Waals surface area contributed by atoms with Gasteiger partial charge in [0.15, 0.2) is 4.34 Å². The van der Waals surface area contributed by atoms with Crippen LogP contribution in [0.15, 0.2) is 14.9 Å². The maximum Gasteiger partial charge on any atom is 0.240 e. The Morgan fingerprint density at radius 3 is 3.12 bits per heavy atom. The van der Waals surface area contributed by atoms with E-state index in [4.69, 9.17) is 4.52 Å². The van der Waals surface area contributed by atoms with E-state index in [-0.39, 0.29) is 11.9 Å². The molecule has 3 heterocycles. The average molecular weight is 368 g/mol. The second kappa shape index (κ2) is 8.09. The summed E-state index contributed by atoms with van der Waals surface area (Å²) in [6, 6.07) is 2.10. The van der Waals surface area contributed by atoms with Crippen molar-refractivity contribution < 1.29 is 9.32 Å². The van der Waals surface area contributed by atoms with E-state index in [1.807, 2.05) is 13.0 Å². The maximum atomic E-state index is 12.4. The first-order chi connectivity index (χ1) is 11.7. The van der Waals surface area contributed by atoms with E-state index in [9.17, 15) is 4.79 Å². The van der Waals surface area contributed by atoms with Crippen LogP contribution in [0.5, 0.6) is 0 Å². The molecule has 0 aromatic carbocycles. The Labute approximate surface area is 149 Å². The van der Waals surface area contributed by atoms with Crippen LogP contribution < -0.4 is 5.32 Å². The Balaban J connectivity index is 1.60. The van der Waals surface area contributed by atoms with Crippen molar-refractivity contribution in [1.29, 1.82) is 0 Å². The van der Waals surface area contributed by atoms with Crippen LogP contribution in [0, 0.1) is 6.92 Å². The molecule has 0 radical (unpaired) electrons. The molecule has 7 nitrogen and oxygen atoms in total. The minimum absolute atomic E-state index is 0.0636. The number of aryl methyl sites for hydroxylation is 1. The van der Waals surface area contributed by atoms with Gasteiger partial charge in [0.2, 0.25) is 11.0 Å². The number of likely N-dealkylation sites (tertiary alicyclic amines) is 1. The molecule has 3 rings (SSSR count). The molecule has 2 aromatic rings. The van der Waals surface area contributed by atoms with Crippen LogP contribution in [0.2, 0.25) is 0 Å². The van der Waals surface area contributed by atoms with Crippen LogP contribution in [-0.2, 0) is 4.79 Å². The number of carbonyl (C=O) groups excluding carboxylic acids is 1. The summed E-state index contributed by atoms with van der Waals surface area (Å²) < 4.78 is 6.07. The standard InChI is InChI=1S/C15H21N5O2S2/c1-3-23-15-18-17-14(24-15)16-13(21)9-20-7-5-4-6-12(20)11-8-10(2)22-19-11/h8,12H,3-7,9H2,1-2H3,(H,16,17,21)/t12-/m0/s1. The molecule has 1 atom stereocenters. The lowest BCUT2D eigenvalue weighted by atomic mass is 9.99. The van der Waals surface area contributed by atoms with Gasteiger partial charge in [-0.05, 0) is 32.1 Å². The second-order valence-corrected chi connectivity index (χ2v) is 8.19. The summed E-state index contributed by atoms with van der Waals surface area (Å²) in [6.45, 7) is 5.16. The van der Waals surface area contributed by atoms with E-state index in [2.05, 4.69) is 32.5 Å². The molecule has 0 aliphatic carbocycles. The zero-order chi connectivity index (χ0) is 16.9. The molecule has 1 saturated heterocycles. The topological polar surface area (TPSA) is 84.2 Å². The number of rotatable bonds is 6. The van der Waals surface area contributed by atoms with Crippen molar-refractivity contribution in [2.24, 2.45) is 0 Å². The highest BCUT2D eigenvalue weighted by Gasteiger charge is 2.28. The lowest BCUT2D eigenvalue weighted by molar-refractivity contribution is -0.118. The predicted molar refractivity (Wildman–Crippen MR) is 94.3 cm³/mol. The van der Waals surface area contributed by atoms with Crippen LogP contribution in [0.1, 0.15) is 43.7 Å². The molecule has 1 aliphatic heterocycles. The lowest BCUT2D eigenvalue weighted by Gasteiger charge is -2.33. The predicted octanol–water partition coefficient (Wildman–Crippen LogP) is 3.11. The minimum Gasteiger partial charge on any atom is -0.361 e. The average Bonchev–Trinajstić information content (AvgIpc) is 3.17. The summed E-state index contributed by atoms with van der Waals surface area (Å²) in [5, 5.41) is 15.6. The van der Waals surface area contributed by atoms with E-state index in [1.54, 1.807) is 11.8 Å². The van der Waals surface area contributed by atoms with Gasteiger partial charge in [-0.25, -0.2) is 0 Å². The molecule has 1 N–H and O–H groups in total. The van der Waals surface area contributed by atoms with Gasteiger partial charge in [0.05, 0.1) is 12.6 Å². The van der Waals surface area contributed by atoms with Crippen LogP contribution in [-0.4, -0.2) is 45.0 Å². The van der Waals surface area contributed by atoms with Gasteiger partial charge in [-0.1, -0.05) is 41.6 Å². The highest BCUT2D eigenvalue weighted by Crippen LogP contribution is 2.30. The normalized spacial score (nSPS) is 18.7. The van der Waals surface area contributed by atoms with Crippen molar-refractivity contribution in [3.63, 3.8) is 0 Å². The molecule has 1 amide bonds. The van der Waals surface area contributed by atoms with Gasteiger partial charge in [0, 0.05) is 6.07 Å². The molecular weight excluding hydrogens is 346 g/mol. The fourth-order valence-electron chi connectivity index (χ4n) is 2.84. The van der Waals surface area contributed by atoms with Gasteiger partial charge in [-0.15, -0.1) is 10.2 Å². The molecule has 24 heavy (non-hydrogen) atoms. The quantitative estimate of drug-likeness (QED) is 0.620. The van der Waals surface area contributed by atoms with E-state index in [0.717, 1.165) is 47.4 Å². The zero-order valence-corrected chi connectivity index (χ0v) is 15.5. The summed E-state index contributed by atoms with van der Waals surface area (Å²) in [5.41, 5.74) is 0.914. The molecule has 0 bridgehead atoms. The number of hydrogen-bond acceptors (Lipinski definition) is 8. The maximum absolute atomic E-state index is 12.4. The van der Waals surface area contributed by atoms with Crippen molar-refractivity contribution in [1.82, 2.24) is 20.3 Å². The van der Waals surface area contributed by atoms with Gasteiger partial charge in [-0.2, -0.15) is 0 Å². The molecule has 130 valence electrons. The fraction of sp³-hybridized carbons (Fsp3) is 0.600. The van der Waals surface area contributed by atoms with Crippen LogP contribution in [0.25, 0.3) is 0 Å². The third kappa shape index (κ3) is 4.34. The summed E-state index contributed by atoms with van der Waals surface area (Å²) >= 11 is 3.03. The van der Waals surface area contributed by atoms with Gasteiger partial charge >= 0.3 is 0 Å². The van der Waals surface area contributed by atoms with Gasteiger partial charge in [0.25, 0.3) is 0 Å². The lowest BCUT2D eigenvalue weighted by Crippen LogP contribution is -2.39. The molecule has 1 fully saturated rings. The first-order valence-corrected chi connectivity index (χ1v) is 9.89. The highest BCUT2D eigenvalue weighted by molar-refractivity contribution is 8.01. The Bertz CT molecular complexity index is 687. The number of piperidine rings is 1. The molecule has 0 unspecified atom stereocenters. The van der Waals surface area contributed by atoms with E-state index in [1.165, 1.54) is 11.3 Å². The van der Waals surface area contributed by atoms with Crippen LogP contribution in [0.3, 0.4) is 0 Å². The summed E-state index contributed by atoms with van der Waals surface area (Å²) in [4.78, 5) is 14.5. The third-order valence-corrected chi connectivity index (χ3v) is 5.72. The van der Waals surface area contributed by atoms with Gasteiger partial charge in [0.1, 0.15) is 11.5 Å². The monoisotopic (exact) mass is 367 g/mol. The van der Waals surface area contributed by atoms with E-state index in [0.29, 0.717) is 11.7 Å². The second-order valence-electron chi connectivity index (χ2n) is 5.70. The van der Waals surface area contributed by atoms with Crippen molar-refractivity contribution in [3.8, 4) is 0 Å². The number of anilines is 1. The summed E-state index contributed by atoms with van der Waals surface area (Å²) in [7, 11) is 0. The SMILES string of the molecule is CCSc1nnc(NC(=O)CN2CCCC[C@H]2c2cc(C)on2)s1. The number of amides is 1.